The van der Waals surface area contributed by atoms with E-state index < -0.39 is 6.04 Å². The van der Waals surface area contributed by atoms with Gasteiger partial charge in [0.2, 0.25) is 0 Å². The van der Waals surface area contributed by atoms with Gasteiger partial charge in [0, 0.05) is 34.9 Å². The molecule has 1 amide bonds. The first kappa shape index (κ1) is 21.5. The van der Waals surface area contributed by atoms with Crippen LogP contribution < -0.4 is 16.1 Å². The molecule has 2 aromatic heterocycles. The number of hydrogen-bond donors (Lipinski definition) is 4. The minimum atomic E-state index is -0.667. The second kappa shape index (κ2) is 9.64. The number of H-pyrrole nitrogens is 1. The van der Waals surface area contributed by atoms with Gasteiger partial charge < -0.3 is 20.7 Å². The van der Waals surface area contributed by atoms with Crippen LogP contribution in [-0.4, -0.2) is 34.1 Å². The van der Waals surface area contributed by atoms with Crippen molar-refractivity contribution in [3.05, 3.63) is 105 Å². The number of nitrogens with zero attached hydrogens (tertiary/aromatic N) is 1. The highest BCUT2D eigenvalue weighted by Crippen LogP contribution is 2.23. The largest absolute Gasteiger partial charge is 0.395 e. The second-order valence-electron chi connectivity index (χ2n) is 7.16. The lowest BCUT2D eigenvalue weighted by molar-refractivity contribution is 0.0942. The van der Waals surface area contributed by atoms with Crippen LogP contribution >= 0.6 is 11.6 Å². The molecular formula is C24H21ClN4O3. The summed E-state index contributed by atoms with van der Waals surface area (Å²) in [5, 5.41) is 15.8. The highest BCUT2D eigenvalue weighted by Gasteiger charge is 2.22. The molecule has 1 atom stereocenters. The van der Waals surface area contributed by atoms with Crippen LogP contribution in [0.4, 0.5) is 5.82 Å². The molecular weight excluding hydrogens is 428 g/mol. The van der Waals surface area contributed by atoms with E-state index in [0.717, 1.165) is 5.56 Å². The van der Waals surface area contributed by atoms with Crippen LogP contribution in [0.1, 0.15) is 27.5 Å². The summed E-state index contributed by atoms with van der Waals surface area (Å²) < 4.78 is 0. The maximum Gasteiger partial charge on any atom is 0.253 e. The molecule has 0 saturated heterocycles. The molecule has 2 aromatic carbocycles. The SMILES string of the molecule is O=C(NC(c1ccccc1)c1c[nH]c2cc(Cl)ccc2c1=O)c1ccc(NCCO)nc1. The molecule has 4 N–H and O–H groups in total. The zero-order valence-electron chi connectivity index (χ0n) is 17.0. The van der Waals surface area contributed by atoms with Gasteiger partial charge >= 0.3 is 0 Å². The van der Waals surface area contributed by atoms with E-state index in [1.807, 2.05) is 30.3 Å². The number of halogens is 1. The van der Waals surface area contributed by atoms with Crippen molar-refractivity contribution in [3.8, 4) is 0 Å². The molecule has 2 heterocycles. The van der Waals surface area contributed by atoms with E-state index in [9.17, 15) is 9.59 Å². The molecule has 7 nitrogen and oxygen atoms in total. The van der Waals surface area contributed by atoms with Gasteiger partial charge in [-0.3, -0.25) is 9.59 Å². The van der Waals surface area contributed by atoms with Crippen LogP contribution in [-0.2, 0) is 0 Å². The number of aliphatic hydroxyl groups excluding tert-OH is 1. The Kier molecular flexibility index (Phi) is 6.49. The average Bonchev–Trinajstić information content (AvgIpc) is 2.82. The van der Waals surface area contributed by atoms with Crippen LogP contribution in [0, 0.1) is 0 Å². The van der Waals surface area contributed by atoms with E-state index in [2.05, 4.69) is 20.6 Å². The predicted molar refractivity (Wildman–Crippen MR) is 125 cm³/mol. The summed E-state index contributed by atoms with van der Waals surface area (Å²) in [5.41, 5.74) is 1.97. The number of hydrogen-bond acceptors (Lipinski definition) is 5. The smallest absolute Gasteiger partial charge is 0.253 e. The number of rotatable bonds is 7. The standard InChI is InChI=1S/C24H21ClN4O3/c25-17-7-8-18-20(12-17)27-14-19(23(18)31)22(15-4-2-1-3-5-15)29-24(32)16-6-9-21(28-13-16)26-10-11-30/h1-9,12-14,22,30H,10-11H2,(H,26,28)(H,27,31)(H,29,32). The lowest BCUT2D eigenvalue weighted by atomic mass is 9.98. The van der Waals surface area contributed by atoms with Crippen molar-refractivity contribution in [2.45, 2.75) is 6.04 Å². The summed E-state index contributed by atoms with van der Waals surface area (Å²) in [4.78, 5) is 33.6. The van der Waals surface area contributed by atoms with Crippen molar-refractivity contribution in [1.29, 1.82) is 0 Å². The number of benzene rings is 2. The Morgan fingerprint density at radius 1 is 1.12 bits per heavy atom. The van der Waals surface area contributed by atoms with Gasteiger partial charge in [-0.15, -0.1) is 0 Å². The van der Waals surface area contributed by atoms with Crippen LogP contribution in [0.5, 0.6) is 0 Å². The number of pyridine rings is 2. The fourth-order valence-corrected chi connectivity index (χ4v) is 3.61. The molecule has 1 unspecified atom stereocenters. The molecule has 8 heteroatoms. The number of nitrogens with one attached hydrogen (secondary N) is 3. The highest BCUT2D eigenvalue weighted by molar-refractivity contribution is 6.31. The summed E-state index contributed by atoms with van der Waals surface area (Å²) >= 11 is 6.04. The van der Waals surface area contributed by atoms with Crippen LogP contribution in [0.2, 0.25) is 5.02 Å². The summed E-state index contributed by atoms with van der Waals surface area (Å²) in [6, 6.07) is 17.0. The van der Waals surface area contributed by atoms with E-state index in [1.165, 1.54) is 6.20 Å². The number of amides is 1. The Hall–Kier alpha value is -3.68. The third-order valence-electron chi connectivity index (χ3n) is 5.03. The van der Waals surface area contributed by atoms with Crippen molar-refractivity contribution in [2.75, 3.05) is 18.5 Å². The van der Waals surface area contributed by atoms with Crippen LogP contribution in [0.25, 0.3) is 10.9 Å². The number of carbonyl (C=O) groups is 1. The Labute approximate surface area is 189 Å². The number of aromatic nitrogens is 2. The average molecular weight is 449 g/mol. The lowest BCUT2D eigenvalue weighted by Gasteiger charge is -2.20. The summed E-state index contributed by atoms with van der Waals surface area (Å²) in [6.07, 6.45) is 3.06. The van der Waals surface area contributed by atoms with Gasteiger partial charge in [0.25, 0.3) is 5.91 Å². The van der Waals surface area contributed by atoms with Crippen molar-refractivity contribution >= 4 is 34.2 Å². The monoisotopic (exact) mass is 448 g/mol. The second-order valence-corrected chi connectivity index (χ2v) is 7.60. The zero-order valence-corrected chi connectivity index (χ0v) is 17.8. The van der Waals surface area contributed by atoms with Crippen LogP contribution in [0.15, 0.2) is 77.9 Å². The summed E-state index contributed by atoms with van der Waals surface area (Å²) in [5.74, 6) is 0.190. The van der Waals surface area contributed by atoms with Gasteiger partial charge in [0.1, 0.15) is 5.82 Å². The van der Waals surface area contributed by atoms with Crippen LogP contribution in [0.3, 0.4) is 0 Å². The third-order valence-corrected chi connectivity index (χ3v) is 5.27. The Balaban J connectivity index is 1.69. The van der Waals surface area contributed by atoms with Crippen molar-refractivity contribution in [2.24, 2.45) is 0 Å². The molecule has 0 aliphatic rings. The Bertz CT molecular complexity index is 1290. The molecule has 4 rings (SSSR count). The first-order valence-electron chi connectivity index (χ1n) is 10.0. The van der Waals surface area contributed by atoms with E-state index in [4.69, 9.17) is 16.7 Å². The first-order chi connectivity index (χ1) is 15.6. The predicted octanol–water partition coefficient (Wildman–Crippen LogP) is 3.50. The lowest BCUT2D eigenvalue weighted by Crippen LogP contribution is -2.32. The van der Waals surface area contributed by atoms with Gasteiger partial charge in [-0.05, 0) is 35.9 Å². The third kappa shape index (κ3) is 4.64. The molecule has 0 saturated carbocycles. The van der Waals surface area contributed by atoms with E-state index in [1.54, 1.807) is 36.5 Å². The molecule has 0 radical (unpaired) electrons. The normalized spacial score (nSPS) is 11.8. The van der Waals surface area contributed by atoms with Crippen molar-refractivity contribution in [3.63, 3.8) is 0 Å². The molecule has 32 heavy (non-hydrogen) atoms. The molecule has 162 valence electrons. The Morgan fingerprint density at radius 3 is 2.66 bits per heavy atom. The minimum Gasteiger partial charge on any atom is -0.395 e. The van der Waals surface area contributed by atoms with Gasteiger partial charge in [0.05, 0.1) is 23.7 Å². The number of fused-ring (bicyclic) bond motifs is 1. The molecule has 0 aliphatic heterocycles. The van der Waals surface area contributed by atoms with Gasteiger partial charge in [-0.25, -0.2) is 4.98 Å². The number of aliphatic hydroxyl groups is 1. The number of anilines is 1. The molecule has 4 aromatic rings. The number of aromatic amines is 1. The molecule has 0 bridgehead atoms. The fourth-order valence-electron chi connectivity index (χ4n) is 3.44. The van der Waals surface area contributed by atoms with E-state index >= 15 is 0 Å². The molecule has 0 fully saturated rings. The maximum absolute atomic E-state index is 13.3. The maximum atomic E-state index is 13.3. The van der Waals surface area contributed by atoms with E-state index in [0.29, 0.717) is 39.4 Å². The van der Waals surface area contributed by atoms with Gasteiger partial charge in [-0.2, -0.15) is 0 Å². The highest BCUT2D eigenvalue weighted by atomic mass is 35.5. The topological polar surface area (TPSA) is 107 Å². The van der Waals surface area contributed by atoms with Gasteiger partial charge in [0.15, 0.2) is 5.43 Å². The van der Waals surface area contributed by atoms with Crippen molar-refractivity contribution < 1.29 is 9.90 Å². The Morgan fingerprint density at radius 2 is 1.94 bits per heavy atom. The summed E-state index contributed by atoms with van der Waals surface area (Å²) in [6.45, 7) is 0.347. The summed E-state index contributed by atoms with van der Waals surface area (Å²) in [7, 11) is 0. The quantitative estimate of drug-likeness (QED) is 0.346. The molecule has 0 aliphatic carbocycles. The number of carbonyl (C=O) groups excluding carboxylic acids is 1. The minimum absolute atomic E-state index is 0.0187. The first-order valence-corrected chi connectivity index (χ1v) is 10.4. The van der Waals surface area contributed by atoms with Crippen molar-refractivity contribution in [1.82, 2.24) is 15.3 Å². The van der Waals surface area contributed by atoms with Gasteiger partial charge in [-0.1, -0.05) is 41.9 Å². The fraction of sp³-hybridized carbons (Fsp3) is 0.125. The van der Waals surface area contributed by atoms with E-state index in [-0.39, 0.29) is 17.9 Å². The zero-order chi connectivity index (χ0) is 22.5. The molecule has 0 spiro atoms.